The van der Waals surface area contributed by atoms with E-state index < -0.39 is 10.0 Å². The first kappa shape index (κ1) is 16.8. The molecule has 0 atom stereocenters. The van der Waals surface area contributed by atoms with Gasteiger partial charge >= 0.3 is 0 Å². The van der Waals surface area contributed by atoms with Crippen molar-refractivity contribution in [1.29, 1.82) is 0 Å². The molecule has 128 valence electrons. The fourth-order valence-corrected chi connectivity index (χ4v) is 4.76. The number of aromatic hydroxyl groups is 2. The number of benzene rings is 2. The molecule has 0 saturated carbocycles. The number of hydrogen-bond acceptors (Lipinski definition) is 4. The average Bonchev–Trinajstić information content (AvgIpc) is 2.55. The fraction of sp³-hybridized carbons (Fsp3) is 0.333. The summed E-state index contributed by atoms with van der Waals surface area (Å²) >= 11 is 0. The third-order valence-corrected chi connectivity index (χ3v) is 6.34. The van der Waals surface area contributed by atoms with E-state index in [0.29, 0.717) is 25.9 Å². The summed E-state index contributed by atoms with van der Waals surface area (Å²) in [4.78, 5) is 0. The Balaban J connectivity index is 1.66. The van der Waals surface area contributed by atoms with Gasteiger partial charge in [0.15, 0.2) is 0 Å². The van der Waals surface area contributed by atoms with Crippen LogP contribution < -0.4 is 0 Å². The van der Waals surface area contributed by atoms with Gasteiger partial charge in [-0.15, -0.1) is 0 Å². The van der Waals surface area contributed by atoms with Crippen LogP contribution in [-0.2, 0) is 15.8 Å². The van der Waals surface area contributed by atoms with Gasteiger partial charge in [-0.05, 0) is 36.0 Å². The molecule has 1 aliphatic rings. The third-order valence-electron chi connectivity index (χ3n) is 4.49. The Morgan fingerprint density at radius 2 is 1.67 bits per heavy atom. The summed E-state index contributed by atoms with van der Waals surface area (Å²) in [6.45, 7) is 0.889. The van der Waals surface area contributed by atoms with E-state index in [1.165, 1.54) is 10.4 Å². The first-order valence-electron chi connectivity index (χ1n) is 7.99. The lowest BCUT2D eigenvalue weighted by Crippen LogP contribution is -2.38. The standard InChI is InChI=1S/C18H21NO4S/c20-16-6-7-17(18(21)12-16)15-8-10-19(11-9-15)24(22,23)13-14-4-2-1-3-5-14/h1-7,12,15,20-21H,8-11,13H2. The van der Waals surface area contributed by atoms with Crippen molar-refractivity contribution in [1.82, 2.24) is 4.31 Å². The Morgan fingerprint density at radius 3 is 2.29 bits per heavy atom. The molecule has 24 heavy (non-hydrogen) atoms. The monoisotopic (exact) mass is 347 g/mol. The molecule has 2 aromatic rings. The zero-order chi connectivity index (χ0) is 17.2. The fourth-order valence-electron chi connectivity index (χ4n) is 3.20. The van der Waals surface area contributed by atoms with Crippen molar-refractivity contribution in [2.24, 2.45) is 0 Å². The Bertz CT molecular complexity index is 797. The van der Waals surface area contributed by atoms with Crippen molar-refractivity contribution >= 4 is 10.0 Å². The van der Waals surface area contributed by atoms with Crippen LogP contribution in [0.3, 0.4) is 0 Å². The second kappa shape index (κ2) is 6.83. The van der Waals surface area contributed by atoms with Gasteiger partial charge in [-0.2, -0.15) is 0 Å². The van der Waals surface area contributed by atoms with Crippen molar-refractivity contribution in [3.8, 4) is 11.5 Å². The smallest absolute Gasteiger partial charge is 0.218 e. The van der Waals surface area contributed by atoms with Gasteiger partial charge in [-0.1, -0.05) is 36.4 Å². The molecule has 0 radical (unpaired) electrons. The normalized spacial score (nSPS) is 17.0. The van der Waals surface area contributed by atoms with Gasteiger partial charge < -0.3 is 10.2 Å². The van der Waals surface area contributed by atoms with Crippen LogP contribution in [0.4, 0.5) is 0 Å². The molecule has 0 bridgehead atoms. The maximum atomic E-state index is 12.6. The number of phenols is 2. The Morgan fingerprint density at radius 1 is 1.00 bits per heavy atom. The van der Waals surface area contributed by atoms with Crippen LogP contribution in [0.15, 0.2) is 48.5 Å². The van der Waals surface area contributed by atoms with E-state index in [2.05, 4.69) is 0 Å². The van der Waals surface area contributed by atoms with Crippen LogP contribution in [0.5, 0.6) is 11.5 Å². The van der Waals surface area contributed by atoms with E-state index in [1.807, 2.05) is 30.3 Å². The summed E-state index contributed by atoms with van der Waals surface area (Å²) in [7, 11) is -3.33. The zero-order valence-electron chi connectivity index (χ0n) is 13.3. The van der Waals surface area contributed by atoms with Gasteiger partial charge in [0.2, 0.25) is 10.0 Å². The largest absolute Gasteiger partial charge is 0.508 e. The minimum absolute atomic E-state index is 0.0168. The van der Waals surface area contributed by atoms with E-state index in [0.717, 1.165) is 11.1 Å². The lowest BCUT2D eigenvalue weighted by molar-refractivity contribution is 0.314. The van der Waals surface area contributed by atoms with E-state index in [1.54, 1.807) is 12.1 Å². The van der Waals surface area contributed by atoms with Crippen molar-refractivity contribution in [3.63, 3.8) is 0 Å². The molecular formula is C18H21NO4S. The molecule has 2 aromatic carbocycles. The van der Waals surface area contributed by atoms with Crippen molar-refractivity contribution < 1.29 is 18.6 Å². The summed E-state index contributed by atoms with van der Waals surface area (Å²) in [5, 5.41) is 19.3. The minimum atomic E-state index is -3.33. The number of rotatable bonds is 4. The molecular weight excluding hydrogens is 326 g/mol. The maximum absolute atomic E-state index is 12.6. The van der Waals surface area contributed by atoms with Gasteiger partial charge in [0, 0.05) is 19.2 Å². The topological polar surface area (TPSA) is 77.8 Å². The van der Waals surface area contributed by atoms with Gasteiger partial charge in [-0.3, -0.25) is 0 Å². The predicted octanol–water partition coefficient (Wildman–Crippen LogP) is 2.81. The maximum Gasteiger partial charge on any atom is 0.218 e. The first-order chi connectivity index (χ1) is 11.5. The summed E-state index contributed by atoms with van der Waals surface area (Å²) in [5.41, 5.74) is 1.56. The molecule has 0 aromatic heterocycles. The molecule has 6 heteroatoms. The molecule has 1 fully saturated rings. The number of sulfonamides is 1. The van der Waals surface area contributed by atoms with Crippen LogP contribution in [0.25, 0.3) is 0 Å². The average molecular weight is 347 g/mol. The second-order valence-electron chi connectivity index (χ2n) is 6.16. The molecule has 1 aliphatic heterocycles. The molecule has 0 unspecified atom stereocenters. The summed E-state index contributed by atoms with van der Waals surface area (Å²) in [5.74, 6) is 0.219. The van der Waals surface area contributed by atoms with Gasteiger partial charge in [-0.25, -0.2) is 12.7 Å². The number of piperidine rings is 1. The van der Waals surface area contributed by atoms with Crippen LogP contribution in [0.1, 0.15) is 29.9 Å². The number of nitrogens with zero attached hydrogens (tertiary/aromatic N) is 1. The Labute approximate surface area is 142 Å². The minimum Gasteiger partial charge on any atom is -0.508 e. The molecule has 1 heterocycles. The van der Waals surface area contributed by atoms with E-state index in [4.69, 9.17) is 0 Å². The van der Waals surface area contributed by atoms with Crippen LogP contribution in [0, 0.1) is 0 Å². The van der Waals surface area contributed by atoms with Gasteiger partial charge in [0.1, 0.15) is 11.5 Å². The highest BCUT2D eigenvalue weighted by Crippen LogP contribution is 2.36. The number of phenolic OH excluding ortho intramolecular Hbond substituents is 2. The van der Waals surface area contributed by atoms with E-state index in [-0.39, 0.29) is 23.2 Å². The molecule has 3 rings (SSSR count). The van der Waals surface area contributed by atoms with E-state index >= 15 is 0 Å². The Kier molecular flexibility index (Phi) is 4.78. The molecule has 2 N–H and O–H groups in total. The van der Waals surface area contributed by atoms with Gasteiger partial charge in [0.25, 0.3) is 0 Å². The van der Waals surface area contributed by atoms with Gasteiger partial charge in [0.05, 0.1) is 5.75 Å². The lowest BCUT2D eigenvalue weighted by Gasteiger charge is -2.31. The number of hydrogen-bond donors (Lipinski definition) is 2. The van der Waals surface area contributed by atoms with E-state index in [9.17, 15) is 18.6 Å². The highest BCUT2D eigenvalue weighted by atomic mass is 32.2. The molecule has 0 aliphatic carbocycles. The van der Waals surface area contributed by atoms with Crippen LogP contribution in [0.2, 0.25) is 0 Å². The van der Waals surface area contributed by atoms with Crippen molar-refractivity contribution in [3.05, 3.63) is 59.7 Å². The highest BCUT2D eigenvalue weighted by molar-refractivity contribution is 7.88. The molecule has 1 saturated heterocycles. The molecule has 5 nitrogen and oxygen atoms in total. The quantitative estimate of drug-likeness (QED) is 0.891. The summed E-state index contributed by atoms with van der Waals surface area (Å²) in [6, 6.07) is 13.8. The first-order valence-corrected chi connectivity index (χ1v) is 9.60. The lowest BCUT2D eigenvalue weighted by atomic mass is 9.89. The van der Waals surface area contributed by atoms with Crippen LogP contribution in [-0.4, -0.2) is 36.0 Å². The van der Waals surface area contributed by atoms with Crippen molar-refractivity contribution in [2.45, 2.75) is 24.5 Å². The second-order valence-corrected chi connectivity index (χ2v) is 8.13. The molecule has 0 spiro atoms. The highest BCUT2D eigenvalue weighted by Gasteiger charge is 2.29. The summed E-state index contributed by atoms with van der Waals surface area (Å²) in [6.07, 6.45) is 1.32. The molecule has 0 amide bonds. The summed E-state index contributed by atoms with van der Waals surface area (Å²) < 4.78 is 26.6. The Hall–Kier alpha value is -2.05. The van der Waals surface area contributed by atoms with Crippen molar-refractivity contribution in [2.75, 3.05) is 13.1 Å². The van der Waals surface area contributed by atoms with Crippen LogP contribution >= 0.6 is 0 Å². The predicted molar refractivity (Wildman–Crippen MR) is 92.4 cm³/mol. The third kappa shape index (κ3) is 3.71. The zero-order valence-corrected chi connectivity index (χ0v) is 14.1. The SMILES string of the molecule is O=S(=O)(Cc1ccccc1)N1CCC(c2ccc(O)cc2O)CC1.